The molecule has 0 aromatic rings. The molecule has 0 heterocycles. The van der Waals surface area contributed by atoms with Gasteiger partial charge in [-0.25, -0.2) is 0 Å². The van der Waals surface area contributed by atoms with E-state index in [1.165, 1.54) is 0 Å². The van der Waals surface area contributed by atoms with Crippen LogP contribution in [-0.4, -0.2) is 28.2 Å². The molecule has 62 valence electrons. The first kappa shape index (κ1) is 17.5. The van der Waals surface area contributed by atoms with E-state index >= 15 is 0 Å². The fourth-order valence-corrected chi connectivity index (χ4v) is 0.275. The Morgan fingerprint density at radius 2 is 1.82 bits per heavy atom. The van der Waals surface area contributed by atoms with Gasteiger partial charge in [-0.3, -0.25) is 9.59 Å². The third-order valence-electron chi connectivity index (χ3n) is 0.712. The molecular formula is C4H11KN2O4. The monoisotopic (exact) mass is 190 g/mol. The molecule has 0 amide bonds. The number of hydrogen-bond acceptors (Lipinski definition) is 4. The molecule has 11 heavy (non-hydrogen) atoms. The number of carboxylic acids is 2. The topological polar surface area (TPSA) is 136 Å². The quantitative estimate of drug-likeness (QED) is 0.336. The molecule has 0 saturated carbocycles. The van der Waals surface area contributed by atoms with Gasteiger partial charge in [0.05, 0.1) is 6.42 Å². The average Bonchev–Trinajstić information content (AvgIpc) is 1.63. The Labute approximate surface area is 108 Å². The van der Waals surface area contributed by atoms with Gasteiger partial charge in [0, 0.05) is 0 Å². The predicted molar refractivity (Wildman–Crippen MR) is 34.0 cm³/mol. The predicted octanol–water partition coefficient (Wildman–Crippen LogP) is -3.85. The first-order valence-electron chi connectivity index (χ1n) is 2.24. The van der Waals surface area contributed by atoms with Gasteiger partial charge in [-0.1, -0.05) is 0 Å². The summed E-state index contributed by atoms with van der Waals surface area (Å²) in [5, 5.41) is 16.0. The van der Waals surface area contributed by atoms with Crippen LogP contribution in [-0.2, 0) is 9.59 Å². The molecule has 0 aliphatic carbocycles. The van der Waals surface area contributed by atoms with E-state index < -0.39 is 24.4 Å². The van der Waals surface area contributed by atoms with Crippen LogP contribution in [0, 0.1) is 0 Å². The van der Waals surface area contributed by atoms with Crippen LogP contribution >= 0.6 is 0 Å². The molecule has 0 bridgehead atoms. The number of aliphatic carboxylic acids is 2. The summed E-state index contributed by atoms with van der Waals surface area (Å²) in [4.78, 5) is 19.6. The standard InChI is InChI=1S/C4H7NO4.K.H3N.H/c5-2(4(8)9)1-3(6)7;;;/h2H,1,5H2,(H,6,7)(H,8,9);;1H3;/q;+1;;-1/t2-;;;/m0.../s1. The Morgan fingerprint density at radius 1 is 1.45 bits per heavy atom. The van der Waals surface area contributed by atoms with Gasteiger partial charge in [-0.15, -0.1) is 0 Å². The van der Waals surface area contributed by atoms with Crippen molar-refractivity contribution in [2.24, 2.45) is 5.73 Å². The van der Waals surface area contributed by atoms with Crippen LogP contribution in [0.5, 0.6) is 0 Å². The summed E-state index contributed by atoms with van der Waals surface area (Å²) in [6.45, 7) is 0. The van der Waals surface area contributed by atoms with Gasteiger partial charge in [0.1, 0.15) is 6.04 Å². The zero-order chi connectivity index (χ0) is 7.44. The summed E-state index contributed by atoms with van der Waals surface area (Å²) in [7, 11) is 0. The summed E-state index contributed by atoms with van der Waals surface area (Å²) in [6, 6.07) is -1.29. The van der Waals surface area contributed by atoms with Crippen LogP contribution in [0.25, 0.3) is 0 Å². The molecular weight excluding hydrogens is 179 g/mol. The van der Waals surface area contributed by atoms with Crippen molar-refractivity contribution in [3.05, 3.63) is 0 Å². The van der Waals surface area contributed by atoms with Crippen LogP contribution in [0.3, 0.4) is 0 Å². The van der Waals surface area contributed by atoms with Gasteiger partial charge in [0.15, 0.2) is 0 Å². The van der Waals surface area contributed by atoms with Crippen LogP contribution in [0.2, 0.25) is 0 Å². The summed E-state index contributed by atoms with van der Waals surface area (Å²) in [5.74, 6) is -2.50. The van der Waals surface area contributed by atoms with Gasteiger partial charge >= 0.3 is 63.3 Å². The summed E-state index contributed by atoms with van der Waals surface area (Å²) < 4.78 is 0. The Morgan fingerprint density at radius 3 is 1.91 bits per heavy atom. The van der Waals surface area contributed by atoms with Crippen molar-refractivity contribution < 1.29 is 72.6 Å². The van der Waals surface area contributed by atoms with Crippen molar-refractivity contribution in [3.8, 4) is 0 Å². The molecule has 0 unspecified atom stereocenters. The minimum atomic E-state index is -1.29. The van der Waals surface area contributed by atoms with Crippen LogP contribution < -0.4 is 63.3 Å². The maximum Gasteiger partial charge on any atom is 1.00 e. The number of carboxylic acid groups (broad SMARTS) is 2. The van der Waals surface area contributed by atoms with Gasteiger partial charge in [0.25, 0.3) is 0 Å². The molecule has 0 aliphatic heterocycles. The third-order valence-corrected chi connectivity index (χ3v) is 0.712. The normalized spacial score (nSPS) is 10.3. The molecule has 0 saturated heterocycles. The Hall–Kier alpha value is 0.496. The summed E-state index contributed by atoms with van der Waals surface area (Å²) in [5.41, 5.74) is 4.84. The van der Waals surface area contributed by atoms with Gasteiger partial charge < -0.3 is 23.5 Å². The van der Waals surface area contributed by atoms with E-state index in [-0.39, 0.29) is 59.0 Å². The van der Waals surface area contributed by atoms with Crippen molar-refractivity contribution in [1.29, 1.82) is 0 Å². The largest absolute Gasteiger partial charge is 1.00 e. The molecule has 0 rings (SSSR count). The van der Waals surface area contributed by atoms with E-state index in [1.54, 1.807) is 0 Å². The first-order valence-corrected chi connectivity index (χ1v) is 2.24. The number of carbonyl (C=O) groups is 2. The zero-order valence-electron chi connectivity index (χ0n) is 7.28. The van der Waals surface area contributed by atoms with Crippen LogP contribution in [0.1, 0.15) is 7.85 Å². The van der Waals surface area contributed by atoms with Crippen molar-refractivity contribution in [2.75, 3.05) is 0 Å². The van der Waals surface area contributed by atoms with E-state index in [1.807, 2.05) is 0 Å². The van der Waals surface area contributed by atoms with Gasteiger partial charge in [-0.2, -0.15) is 0 Å². The van der Waals surface area contributed by atoms with E-state index in [0.717, 1.165) is 0 Å². The van der Waals surface area contributed by atoms with E-state index in [9.17, 15) is 9.59 Å². The molecule has 0 aliphatic rings. The van der Waals surface area contributed by atoms with Crippen LogP contribution in [0.4, 0.5) is 0 Å². The van der Waals surface area contributed by atoms with Crippen molar-refractivity contribution in [3.63, 3.8) is 0 Å². The second-order valence-electron chi connectivity index (χ2n) is 1.54. The molecule has 1 atom stereocenters. The molecule has 0 aromatic heterocycles. The van der Waals surface area contributed by atoms with Gasteiger partial charge in [-0.05, 0) is 0 Å². The SMILES string of the molecule is N.N[C@@H](CC(=O)O)C(=O)O.[H-].[K+]. The fraction of sp³-hybridized carbons (Fsp3) is 0.500. The zero-order valence-corrected chi connectivity index (χ0v) is 9.40. The van der Waals surface area contributed by atoms with E-state index in [4.69, 9.17) is 15.9 Å². The van der Waals surface area contributed by atoms with Crippen molar-refractivity contribution >= 4 is 11.9 Å². The van der Waals surface area contributed by atoms with Crippen molar-refractivity contribution in [2.45, 2.75) is 12.5 Å². The Balaban J connectivity index is -0.000000107. The minimum absolute atomic E-state index is 0. The maximum absolute atomic E-state index is 9.85. The molecule has 0 spiro atoms. The molecule has 7 heteroatoms. The minimum Gasteiger partial charge on any atom is -1.00 e. The summed E-state index contributed by atoms with van der Waals surface area (Å²) in [6.07, 6.45) is -0.532. The molecule has 7 N–H and O–H groups in total. The maximum atomic E-state index is 9.85. The number of nitrogens with two attached hydrogens (primary N) is 1. The van der Waals surface area contributed by atoms with Crippen LogP contribution in [0.15, 0.2) is 0 Å². The molecule has 0 fully saturated rings. The second-order valence-corrected chi connectivity index (χ2v) is 1.54. The summed E-state index contributed by atoms with van der Waals surface area (Å²) >= 11 is 0. The Bertz CT molecular complexity index is 145. The van der Waals surface area contributed by atoms with E-state index in [0.29, 0.717) is 0 Å². The second kappa shape index (κ2) is 8.59. The molecule has 0 radical (unpaired) electrons. The Kier molecular flexibility index (Phi) is 13.7. The smallest absolute Gasteiger partial charge is 1.00 e. The molecule has 0 aromatic carbocycles. The number of rotatable bonds is 3. The first-order chi connectivity index (χ1) is 4.04. The third kappa shape index (κ3) is 10.5. The van der Waals surface area contributed by atoms with E-state index in [2.05, 4.69) is 0 Å². The fourth-order valence-electron chi connectivity index (χ4n) is 0.275. The number of hydrogen-bond donors (Lipinski definition) is 4. The van der Waals surface area contributed by atoms with Gasteiger partial charge in [0.2, 0.25) is 0 Å². The van der Waals surface area contributed by atoms with Crippen molar-refractivity contribution in [1.82, 2.24) is 6.15 Å². The average molecular weight is 190 g/mol. The molecule has 6 nitrogen and oxygen atoms in total.